The first kappa shape index (κ1) is 34.2. The van der Waals surface area contributed by atoms with E-state index in [1.165, 1.54) is 44.2 Å². The van der Waals surface area contributed by atoms with Crippen LogP contribution in [-0.4, -0.2) is 81.8 Å². The van der Waals surface area contributed by atoms with Crippen molar-refractivity contribution in [2.24, 2.45) is 0 Å². The van der Waals surface area contributed by atoms with E-state index in [4.69, 9.17) is 23.7 Å². The normalized spacial score (nSPS) is 10.9. The van der Waals surface area contributed by atoms with E-state index in [-0.39, 0.29) is 36.2 Å². The van der Waals surface area contributed by atoms with Gasteiger partial charge in [-0.3, -0.25) is 25.0 Å². The number of hydrogen-bond donors (Lipinski definition) is 1. The van der Waals surface area contributed by atoms with Gasteiger partial charge in [0.15, 0.2) is 0 Å². The fourth-order valence-electron chi connectivity index (χ4n) is 3.47. The molecule has 13 nitrogen and oxygen atoms in total. The zero-order chi connectivity index (χ0) is 28.6. The molecular formula is C26H43N3O10. The van der Waals surface area contributed by atoms with Crippen LogP contribution in [-0.2, 0) is 28.5 Å². The molecule has 0 atom stereocenters. The molecule has 0 spiro atoms. The monoisotopic (exact) mass is 557 g/mol. The molecule has 1 aromatic carbocycles. The number of rotatable bonds is 26. The number of unbranched alkanes of at least 4 members (excludes halogenated alkanes) is 6. The lowest BCUT2D eigenvalue weighted by molar-refractivity contribution is -0.393. The highest BCUT2D eigenvalue weighted by Crippen LogP contribution is 2.28. The van der Waals surface area contributed by atoms with Crippen molar-refractivity contribution >= 4 is 23.0 Å². The number of carbonyl (C=O) groups excluding carboxylic acids is 1. The molecule has 0 aliphatic heterocycles. The van der Waals surface area contributed by atoms with Crippen molar-refractivity contribution in [1.29, 1.82) is 0 Å². The lowest BCUT2D eigenvalue weighted by Crippen LogP contribution is -2.15. The van der Waals surface area contributed by atoms with Crippen molar-refractivity contribution in [3.05, 3.63) is 38.4 Å². The van der Waals surface area contributed by atoms with Gasteiger partial charge in [-0.1, -0.05) is 45.4 Å². The maximum atomic E-state index is 11.7. The highest BCUT2D eigenvalue weighted by molar-refractivity contribution is 5.69. The van der Waals surface area contributed by atoms with Gasteiger partial charge in [-0.2, -0.15) is 0 Å². The standard InChI is InChI=1S/C26H43N3O10/c1-2-3-4-5-6-7-8-9-26(30)39-21-20-38-19-18-37-17-16-36-15-14-35-13-12-27-24-11-10-23(28(31)32)22-25(24)29(33)34/h10-11,22,27H,2-9,12-21H2,1H3. The molecule has 0 aliphatic carbocycles. The molecule has 1 N–H and O–H groups in total. The number of anilines is 1. The van der Waals surface area contributed by atoms with E-state index < -0.39 is 9.85 Å². The molecule has 39 heavy (non-hydrogen) atoms. The van der Waals surface area contributed by atoms with Gasteiger partial charge in [-0.15, -0.1) is 0 Å². The summed E-state index contributed by atoms with van der Waals surface area (Å²) in [5.41, 5.74) is -0.522. The van der Waals surface area contributed by atoms with Gasteiger partial charge in [0.2, 0.25) is 0 Å². The van der Waals surface area contributed by atoms with Crippen molar-refractivity contribution in [1.82, 2.24) is 0 Å². The van der Waals surface area contributed by atoms with Crippen LogP contribution in [0, 0.1) is 20.2 Å². The Morgan fingerprint density at radius 3 is 1.85 bits per heavy atom. The Labute approximate surface area is 229 Å². The maximum Gasteiger partial charge on any atom is 0.305 e. The van der Waals surface area contributed by atoms with Crippen LogP contribution >= 0.6 is 0 Å². The van der Waals surface area contributed by atoms with Gasteiger partial charge in [-0.25, -0.2) is 0 Å². The molecular weight excluding hydrogens is 514 g/mol. The Bertz CT molecular complexity index is 825. The van der Waals surface area contributed by atoms with Gasteiger partial charge in [-0.05, 0) is 12.5 Å². The molecule has 1 rings (SSSR count). The molecule has 0 aliphatic rings. The molecule has 0 bridgehead atoms. The highest BCUT2D eigenvalue weighted by Gasteiger charge is 2.19. The first-order chi connectivity index (χ1) is 19.0. The topological polar surface area (TPSA) is 162 Å². The molecule has 0 unspecified atom stereocenters. The van der Waals surface area contributed by atoms with E-state index in [1.54, 1.807) is 0 Å². The summed E-state index contributed by atoms with van der Waals surface area (Å²) in [5, 5.41) is 24.7. The quantitative estimate of drug-likeness (QED) is 0.0729. The van der Waals surface area contributed by atoms with Gasteiger partial charge < -0.3 is 29.0 Å². The Balaban J connectivity index is 1.87. The van der Waals surface area contributed by atoms with Crippen LogP contribution in [0.1, 0.15) is 58.3 Å². The number of hydrogen-bond acceptors (Lipinski definition) is 11. The molecule has 0 saturated carbocycles. The van der Waals surface area contributed by atoms with E-state index >= 15 is 0 Å². The average molecular weight is 558 g/mol. The first-order valence-electron chi connectivity index (χ1n) is 13.6. The number of ether oxygens (including phenoxy) is 5. The Hall–Kier alpha value is -2.87. The van der Waals surface area contributed by atoms with Crippen molar-refractivity contribution in [2.75, 3.05) is 71.3 Å². The fourth-order valence-corrected chi connectivity index (χ4v) is 3.47. The van der Waals surface area contributed by atoms with E-state index in [1.807, 2.05) is 0 Å². The minimum atomic E-state index is -0.682. The molecule has 222 valence electrons. The van der Waals surface area contributed by atoms with Gasteiger partial charge in [0.05, 0.1) is 68.8 Å². The van der Waals surface area contributed by atoms with Gasteiger partial charge in [0.25, 0.3) is 11.4 Å². The largest absolute Gasteiger partial charge is 0.463 e. The second-order valence-electron chi connectivity index (χ2n) is 8.68. The molecule has 13 heteroatoms. The second-order valence-corrected chi connectivity index (χ2v) is 8.68. The summed E-state index contributed by atoms with van der Waals surface area (Å²) in [6.07, 6.45) is 8.63. The lowest BCUT2D eigenvalue weighted by atomic mass is 10.1. The number of non-ortho nitro benzene ring substituents is 1. The smallest absolute Gasteiger partial charge is 0.305 e. The molecule has 0 heterocycles. The summed E-state index contributed by atoms with van der Waals surface area (Å²) in [7, 11) is 0. The zero-order valence-electron chi connectivity index (χ0n) is 22.9. The van der Waals surface area contributed by atoms with Crippen LogP contribution in [0.25, 0.3) is 0 Å². The molecule has 0 fully saturated rings. The number of nitro benzene ring substituents is 2. The lowest BCUT2D eigenvalue weighted by Gasteiger charge is -2.09. The summed E-state index contributed by atoms with van der Waals surface area (Å²) >= 11 is 0. The Morgan fingerprint density at radius 2 is 1.28 bits per heavy atom. The average Bonchev–Trinajstić information content (AvgIpc) is 2.92. The number of nitrogens with one attached hydrogen (secondary N) is 1. The van der Waals surface area contributed by atoms with Crippen molar-refractivity contribution in [2.45, 2.75) is 58.3 Å². The third-order valence-corrected chi connectivity index (χ3v) is 5.54. The van der Waals surface area contributed by atoms with E-state index in [2.05, 4.69) is 12.2 Å². The number of carbonyl (C=O) groups is 1. The van der Waals surface area contributed by atoms with E-state index in [0.717, 1.165) is 18.9 Å². The van der Waals surface area contributed by atoms with Crippen molar-refractivity contribution < 1.29 is 38.3 Å². The zero-order valence-corrected chi connectivity index (χ0v) is 22.9. The van der Waals surface area contributed by atoms with Crippen LogP contribution in [0.3, 0.4) is 0 Å². The number of esters is 1. The molecule has 0 radical (unpaired) electrons. The fraction of sp³-hybridized carbons (Fsp3) is 0.731. The van der Waals surface area contributed by atoms with Crippen molar-refractivity contribution in [3.63, 3.8) is 0 Å². The molecule has 1 aromatic rings. The third kappa shape index (κ3) is 18.1. The Kier molecular flexibility index (Phi) is 20.2. The predicted octanol–water partition coefficient (Wildman–Crippen LogP) is 4.67. The maximum absolute atomic E-state index is 11.7. The highest BCUT2D eigenvalue weighted by atomic mass is 16.6. The van der Waals surface area contributed by atoms with E-state index in [9.17, 15) is 25.0 Å². The first-order valence-corrected chi connectivity index (χ1v) is 13.6. The van der Waals surface area contributed by atoms with Crippen LogP contribution in [0.2, 0.25) is 0 Å². The summed E-state index contributed by atoms with van der Waals surface area (Å²) in [6.45, 7) is 5.67. The van der Waals surface area contributed by atoms with Crippen LogP contribution in [0.4, 0.5) is 17.1 Å². The number of benzene rings is 1. The SMILES string of the molecule is CCCCCCCCCC(=O)OCCOCCOCCOCCOCCNc1ccc([N+](=O)[O-])cc1[N+](=O)[O-]. The minimum Gasteiger partial charge on any atom is -0.463 e. The summed E-state index contributed by atoms with van der Waals surface area (Å²) in [4.78, 5) is 32.2. The van der Waals surface area contributed by atoms with Crippen LogP contribution < -0.4 is 5.32 Å². The Morgan fingerprint density at radius 1 is 0.744 bits per heavy atom. The summed E-state index contributed by atoms with van der Waals surface area (Å²) in [6, 6.07) is 3.42. The number of nitrogens with zero attached hydrogens (tertiary/aromatic N) is 2. The minimum absolute atomic E-state index is 0.172. The molecule has 0 aromatic heterocycles. The summed E-state index contributed by atoms with van der Waals surface area (Å²) < 4.78 is 26.7. The second kappa shape index (κ2) is 23.1. The molecule has 0 amide bonds. The summed E-state index contributed by atoms with van der Waals surface area (Å²) in [5.74, 6) is -0.172. The van der Waals surface area contributed by atoms with Crippen molar-refractivity contribution in [3.8, 4) is 0 Å². The van der Waals surface area contributed by atoms with Gasteiger partial charge in [0.1, 0.15) is 12.3 Å². The van der Waals surface area contributed by atoms with Crippen LogP contribution in [0.15, 0.2) is 18.2 Å². The van der Waals surface area contributed by atoms with E-state index in [0.29, 0.717) is 59.2 Å². The van der Waals surface area contributed by atoms with Gasteiger partial charge in [0, 0.05) is 19.0 Å². The number of nitro groups is 2. The van der Waals surface area contributed by atoms with Crippen LogP contribution in [0.5, 0.6) is 0 Å². The third-order valence-electron chi connectivity index (χ3n) is 5.54. The van der Waals surface area contributed by atoms with Gasteiger partial charge >= 0.3 is 5.97 Å². The molecule has 0 saturated heterocycles. The predicted molar refractivity (Wildman–Crippen MR) is 145 cm³/mol.